The molecule has 3 aromatic rings. The summed E-state index contributed by atoms with van der Waals surface area (Å²) >= 11 is 0. The Kier molecular flexibility index (Phi) is 12.2. The third-order valence-corrected chi connectivity index (χ3v) is 8.02. The normalized spacial score (nSPS) is 11.4. The number of nitrogens with zero attached hydrogens (tertiary/aromatic N) is 1. The van der Waals surface area contributed by atoms with Crippen molar-refractivity contribution in [1.82, 2.24) is 0 Å². The van der Waals surface area contributed by atoms with E-state index in [4.69, 9.17) is 22.6 Å². The molecule has 0 bridgehead atoms. The van der Waals surface area contributed by atoms with Gasteiger partial charge in [-0.25, -0.2) is 4.99 Å². The first-order valence-electron chi connectivity index (χ1n) is 15.8. The van der Waals surface area contributed by atoms with Crippen molar-refractivity contribution in [2.24, 2.45) is 4.99 Å². The smallest absolute Gasteiger partial charge is 0.119 e. The summed E-state index contributed by atoms with van der Waals surface area (Å²) in [6.45, 7) is 3.04. The summed E-state index contributed by atoms with van der Waals surface area (Å²) in [5, 5.41) is 0. The van der Waals surface area contributed by atoms with Crippen molar-refractivity contribution in [1.29, 1.82) is 0 Å². The van der Waals surface area contributed by atoms with E-state index in [0.717, 1.165) is 63.6 Å². The van der Waals surface area contributed by atoms with Gasteiger partial charge in [-0.2, -0.15) is 0 Å². The highest BCUT2D eigenvalue weighted by molar-refractivity contribution is 6.25. The zero-order chi connectivity index (χ0) is 28.7. The number of aliphatic imine (C=N–C) groups is 1. The number of hydrogen-bond donors (Lipinski definition) is 0. The Bertz CT molecular complexity index is 1300. The Morgan fingerprint density at radius 3 is 1.49 bits per heavy atom. The molecule has 0 atom stereocenters. The van der Waals surface area contributed by atoms with E-state index in [1.807, 2.05) is 48.5 Å². The molecule has 0 spiro atoms. The van der Waals surface area contributed by atoms with Gasteiger partial charge in [-0.05, 0) is 66.1 Å². The van der Waals surface area contributed by atoms with E-state index in [9.17, 15) is 0 Å². The van der Waals surface area contributed by atoms with Crippen molar-refractivity contribution in [3.8, 4) is 41.6 Å². The van der Waals surface area contributed by atoms with Crippen LogP contribution < -0.4 is 4.74 Å². The predicted molar refractivity (Wildman–Crippen MR) is 175 cm³/mol. The van der Waals surface area contributed by atoms with Crippen LogP contribution in [0, 0.1) is 24.7 Å². The largest absolute Gasteiger partial charge is 0.494 e. The maximum absolute atomic E-state index is 6.02. The molecule has 0 radical (unpaired) electrons. The SMILES string of the molecule is C#Cc1ccc2c(c1)C(=Nc1ccc(OCCCCCCCCCCCCCCCC)cc1)c1cc(C#C)ccc1-2. The Balaban J connectivity index is 1.19. The topological polar surface area (TPSA) is 21.6 Å². The Morgan fingerprint density at radius 1 is 0.561 bits per heavy atom. The maximum Gasteiger partial charge on any atom is 0.119 e. The molecule has 0 amide bonds. The average Bonchev–Trinajstić information content (AvgIpc) is 3.31. The van der Waals surface area contributed by atoms with Gasteiger partial charge in [0.1, 0.15) is 5.75 Å². The second-order valence-corrected chi connectivity index (χ2v) is 11.2. The van der Waals surface area contributed by atoms with E-state index in [0.29, 0.717) is 0 Å². The number of benzene rings is 3. The molecule has 0 heterocycles. The number of fused-ring (bicyclic) bond motifs is 3. The lowest BCUT2D eigenvalue weighted by Gasteiger charge is -2.07. The summed E-state index contributed by atoms with van der Waals surface area (Å²) in [7, 11) is 0. The van der Waals surface area contributed by atoms with Crippen LogP contribution in [0.25, 0.3) is 11.1 Å². The van der Waals surface area contributed by atoms with Crippen molar-refractivity contribution in [3.63, 3.8) is 0 Å². The van der Waals surface area contributed by atoms with E-state index in [2.05, 4.69) is 30.9 Å². The van der Waals surface area contributed by atoms with Gasteiger partial charge in [-0.3, -0.25) is 0 Å². The highest BCUT2D eigenvalue weighted by atomic mass is 16.5. The van der Waals surface area contributed by atoms with Gasteiger partial charge in [0.05, 0.1) is 18.0 Å². The standard InChI is InChI=1S/C39H45NO/c1-4-7-8-9-10-11-12-13-14-15-16-17-18-19-28-41-34-24-22-33(23-25-34)40-39-37-29-31(5-2)20-26-35(37)36-27-21-32(6-3)30-38(36)39/h2-3,20-27,29-30H,4,7-19,28H2,1H3. The van der Waals surface area contributed by atoms with Crippen LogP contribution in [0.15, 0.2) is 65.7 Å². The third-order valence-electron chi connectivity index (χ3n) is 8.02. The summed E-state index contributed by atoms with van der Waals surface area (Å²) in [5.74, 6) is 6.38. The van der Waals surface area contributed by atoms with Gasteiger partial charge in [0.25, 0.3) is 0 Å². The van der Waals surface area contributed by atoms with Crippen LogP contribution in [0.5, 0.6) is 5.75 Å². The fourth-order valence-electron chi connectivity index (χ4n) is 5.63. The van der Waals surface area contributed by atoms with Crippen molar-refractivity contribution in [2.75, 3.05) is 6.61 Å². The van der Waals surface area contributed by atoms with Crippen molar-refractivity contribution in [2.45, 2.75) is 96.8 Å². The van der Waals surface area contributed by atoms with Gasteiger partial charge in [0.2, 0.25) is 0 Å². The summed E-state index contributed by atoms with van der Waals surface area (Å²) < 4.78 is 6.02. The summed E-state index contributed by atoms with van der Waals surface area (Å²) in [6.07, 6.45) is 30.5. The molecule has 0 N–H and O–H groups in total. The average molecular weight is 544 g/mol. The van der Waals surface area contributed by atoms with Gasteiger partial charge in [0, 0.05) is 22.3 Å². The molecule has 1 aliphatic carbocycles. The molecule has 41 heavy (non-hydrogen) atoms. The summed E-state index contributed by atoms with van der Waals surface area (Å²) in [4.78, 5) is 5.03. The van der Waals surface area contributed by atoms with Crippen LogP contribution in [0.1, 0.15) is 119 Å². The fourth-order valence-corrected chi connectivity index (χ4v) is 5.63. The quantitative estimate of drug-likeness (QED) is 0.0958. The van der Waals surface area contributed by atoms with Crippen LogP contribution in [-0.4, -0.2) is 12.3 Å². The molecule has 0 unspecified atom stereocenters. The zero-order valence-corrected chi connectivity index (χ0v) is 24.9. The molecule has 3 aromatic carbocycles. The molecular formula is C39H45NO. The monoisotopic (exact) mass is 543 g/mol. The first-order chi connectivity index (χ1) is 20.2. The molecule has 0 fully saturated rings. The second kappa shape index (κ2) is 16.5. The molecule has 212 valence electrons. The lowest BCUT2D eigenvalue weighted by Crippen LogP contribution is -1.99. The van der Waals surface area contributed by atoms with Crippen LogP contribution in [-0.2, 0) is 0 Å². The number of ether oxygens (including phenoxy) is 1. The van der Waals surface area contributed by atoms with Crippen LogP contribution in [0.3, 0.4) is 0 Å². The molecule has 0 saturated carbocycles. The minimum Gasteiger partial charge on any atom is -0.494 e. The van der Waals surface area contributed by atoms with E-state index in [1.165, 1.54) is 83.5 Å². The predicted octanol–water partition coefficient (Wildman–Crippen LogP) is 10.7. The molecular weight excluding hydrogens is 498 g/mol. The molecule has 0 saturated heterocycles. The van der Waals surface area contributed by atoms with Gasteiger partial charge < -0.3 is 4.74 Å². The fraction of sp³-hybridized carbons (Fsp3) is 0.410. The molecule has 4 rings (SSSR count). The Labute approximate surface area is 248 Å². The van der Waals surface area contributed by atoms with Gasteiger partial charge in [-0.15, -0.1) is 12.8 Å². The van der Waals surface area contributed by atoms with Crippen LogP contribution >= 0.6 is 0 Å². The first kappa shape index (κ1) is 30.2. The second-order valence-electron chi connectivity index (χ2n) is 11.2. The first-order valence-corrected chi connectivity index (χ1v) is 15.8. The van der Waals surface area contributed by atoms with E-state index < -0.39 is 0 Å². The lowest BCUT2D eigenvalue weighted by atomic mass is 10.0. The number of unbranched alkanes of at least 4 members (excludes halogenated alkanes) is 13. The molecule has 2 heteroatoms. The minimum absolute atomic E-state index is 0.760. The van der Waals surface area contributed by atoms with Crippen LogP contribution in [0.4, 0.5) is 5.69 Å². The minimum atomic E-state index is 0.760. The van der Waals surface area contributed by atoms with Crippen molar-refractivity contribution in [3.05, 3.63) is 82.9 Å². The van der Waals surface area contributed by atoms with Crippen molar-refractivity contribution < 1.29 is 4.74 Å². The van der Waals surface area contributed by atoms with Crippen LogP contribution in [0.2, 0.25) is 0 Å². The number of hydrogen-bond acceptors (Lipinski definition) is 2. The van der Waals surface area contributed by atoms with E-state index in [1.54, 1.807) is 0 Å². The van der Waals surface area contributed by atoms with E-state index >= 15 is 0 Å². The highest BCUT2D eigenvalue weighted by Crippen LogP contribution is 2.39. The molecule has 2 nitrogen and oxygen atoms in total. The van der Waals surface area contributed by atoms with Crippen molar-refractivity contribution >= 4 is 11.4 Å². The molecule has 1 aliphatic rings. The Hall–Kier alpha value is -3.75. The zero-order valence-electron chi connectivity index (χ0n) is 24.9. The lowest BCUT2D eigenvalue weighted by molar-refractivity contribution is 0.304. The molecule has 0 aromatic heterocycles. The maximum atomic E-state index is 6.02. The van der Waals surface area contributed by atoms with Gasteiger partial charge >= 0.3 is 0 Å². The third kappa shape index (κ3) is 8.87. The Morgan fingerprint density at radius 2 is 1.02 bits per heavy atom. The summed E-state index contributed by atoms with van der Waals surface area (Å²) in [5.41, 5.74) is 7.82. The van der Waals surface area contributed by atoms with Gasteiger partial charge in [0.15, 0.2) is 0 Å². The molecule has 0 aliphatic heterocycles. The highest BCUT2D eigenvalue weighted by Gasteiger charge is 2.25. The number of terminal acetylenes is 2. The van der Waals surface area contributed by atoms with Gasteiger partial charge in [-0.1, -0.05) is 114 Å². The number of rotatable bonds is 17. The van der Waals surface area contributed by atoms with E-state index in [-0.39, 0.29) is 0 Å². The summed E-state index contributed by atoms with van der Waals surface area (Å²) in [6, 6.07) is 20.2.